The Kier molecular flexibility index (Phi) is 2.70. The molecule has 0 amide bonds. The van der Waals surface area contributed by atoms with Gasteiger partial charge in [0.25, 0.3) is 0 Å². The van der Waals surface area contributed by atoms with Crippen molar-refractivity contribution in [1.29, 1.82) is 0 Å². The Morgan fingerprint density at radius 3 is 2.50 bits per heavy atom. The van der Waals surface area contributed by atoms with Crippen molar-refractivity contribution >= 4 is 32.7 Å². The molecule has 22 heavy (non-hydrogen) atoms. The van der Waals surface area contributed by atoms with Crippen LogP contribution in [0.1, 0.15) is 5.56 Å². The van der Waals surface area contributed by atoms with E-state index in [1.807, 2.05) is 31.2 Å². The molecule has 3 aromatic carbocycles. The van der Waals surface area contributed by atoms with Gasteiger partial charge < -0.3 is 9.15 Å². The second kappa shape index (κ2) is 4.60. The fourth-order valence-electron chi connectivity index (χ4n) is 2.82. The third-order valence-electron chi connectivity index (χ3n) is 3.99. The molecule has 0 radical (unpaired) electrons. The maximum atomic E-state index is 12.8. The smallest absolute Gasteiger partial charge is 0.200 e. The van der Waals surface area contributed by atoms with Crippen molar-refractivity contribution < 1.29 is 9.15 Å². The Morgan fingerprint density at radius 2 is 1.68 bits per heavy atom. The zero-order valence-corrected chi connectivity index (χ0v) is 12.3. The largest absolute Gasteiger partial charge is 0.497 e. The molecule has 0 aliphatic rings. The van der Waals surface area contributed by atoms with Crippen molar-refractivity contribution in [2.24, 2.45) is 0 Å². The second-order valence-electron chi connectivity index (χ2n) is 5.49. The van der Waals surface area contributed by atoms with Crippen LogP contribution >= 0.6 is 0 Å². The molecule has 0 bridgehead atoms. The summed E-state index contributed by atoms with van der Waals surface area (Å²) in [5.74, 6) is 0.649. The molecule has 0 N–H and O–H groups in total. The molecular formula is C19H14O3. The zero-order chi connectivity index (χ0) is 15.3. The zero-order valence-electron chi connectivity index (χ0n) is 12.3. The molecule has 4 rings (SSSR count). The lowest BCUT2D eigenvalue weighted by Crippen LogP contribution is -2.02. The van der Waals surface area contributed by atoms with Crippen LogP contribution in [0.3, 0.4) is 0 Å². The number of methoxy groups -OCH3 is 1. The predicted octanol–water partition coefficient (Wildman–Crippen LogP) is 4.42. The fraction of sp³-hybridized carbons (Fsp3) is 0.105. The molecule has 0 spiro atoms. The minimum atomic E-state index is -0.0300. The topological polar surface area (TPSA) is 39.4 Å². The van der Waals surface area contributed by atoms with E-state index in [2.05, 4.69) is 6.07 Å². The lowest BCUT2D eigenvalue weighted by molar-refractivity contribution is 0.415. The molecule has 0 saturated heterocycles. The molecular weight excluding hydrogens is 276 g/mol. The van der Waals surface area contributed by atoms with Crippen molar-refractivity contribution in [3.8, 4) is 5.75 Å². The maximum absolute atomic E-state index is 12.8. The summed E-state index contributed by atoms with van der Waals surface area (Å²) in [7, 11) is 1.58. The van der Waals surface area contributed by atoms with Crippen molar-refractivity contribution in [3.05, 3.63) is 64.3 Å². The molecule has 1 heterocycles. The third-order valence-corrected chi connectivity index (χ3v) is 3.99. The first-order valence-corrected chi connectivity index (χ1v) is 7.11. The standard InChI is InChI=1S/C19H14O3/c1-11-3-4-12-8-15-18(9-13(12)7-11)22-17-6-5-14(21-2)10-16(17)19(15)20/h3-10H,1-2H3. The van der Waals surface area contributed by atoms with E-state index in [-0.39, 0.29) is 5.43 Å². The first kappa shape index (κ1) is 12.9. The van der Waals surface area contributed by atoms with Gasteiger partial charge in [0.1, 0.15) is 16.9 Å². The molecule has 4 aromatic rings. The van der Waals surface area contributed by atoms with Gasteiger partial charge in [-0.25, -0.2) is 0 Å². The average molecular weight is 290 g/mol. The van der Waals surface area contributed by atoms with Crippen LogP contribution in [-0.2, 0) is 0 Å². The Balaban J connectivity index is 2.16. The number of benzene rings is 3. The Morgan fingerprint density at radius 1 is 0.864 bits per heavy atom. The number of aryl methyl sites for hydroxylation is 1. The summed E-state index contributed by atoms with van der Waals surface area (Å²) >= 11 is 0. The molecule has 0 aliphatic carbocycles. The highest BCUT2D eigenvalue weighted by Crippen LogP contribution is 2.26. The second-order valence-corrected chi connectivity index (χ2v) is 5.49. The molecule has 0 fully saturated rings. The van der Waals surface area contributed by atoms with Gasteiger partial charge in [-0.2, -0.15) is 0 Å². The molecule has 0 aliphatic heterocycles. The summed E-state index contributed by atoms with van der Waals surface area (Å²) in [4.78, 5) is 12.8. The Labute approximate surface area is 126 Å². The highest BCUT2D eigenvalue weighted by molar-refractivity contribution is 5.99. The van der Waals surface area contributed by atoms with Gasteiger partial charge in [-0.15, -0.1) is 0 Å². The first-order valence-electron chi connectivity index (χ1n) is 7.11. The summed E-state index contributed by atoms with van der Waals surface area (Å²) in [5.41, 5.74) is 2.34. The van der Waals surface area contributed by atoms with Crippen molar-refractivity contribution in [2.75, 3.05) is 7.11 Å². The van der Waals surface area contributed by atoms with E-state index in [0.29, 0.717) is 27.7 Å². The van der Waals surface area contributed by atoms with Crippen molar-refractivity contribution in [2.45, 2.75) is 6.92 Å². The van der Waals surface area contributed by atoms with Crippen LogP contribution < -0.4 is 10.2 Å². The van der Waals surface area contributed by atoms with Crippen LogP contribution in [-0.4, -0.2) is 7.11 Å². The lowest BCUT2D eigenvalue weighted by atomic mass is 10.0. The molecule has 108 valence electrons. The van der Waals surface area contributed by atoms with Gasteiger partial charge in [0.05, 0.1) is 17.9 Å². The van der Waals surface area contributed by atoms with E-state index in [0.717, 1.165) is 10.8 Å². The summed E-state index contributed by atoms with van der Waals surface area (Å²) in [6.45, 7) is 2.05. The molecule has 3 nitrogen and oxygen atoms in total. The van der Waals surface area contributed by atoms with E-state index in [9.17, 15) is 4.79 Å². The molecule has 0 unspecified atom stereocenters. The van der Waals surface area contributed by atoms with Crippen LogP contribution in [0.5, 0.6) is 5.75 Å². The molecule has 1 aromatic heterocycles. The van der Waals surface area contributed by atoms with Crippen LogP contribution in [0.2, 0.25) is 0 Å². The molecule has 0 atom stereocenters. The number of hydrogen-bond acceptors (Lipinski definition) is 3. The van der Waals surface area contributed by atoms with Crippen LogP contribution in [0.4, 0.5) is 0 Å². The minimum Gasteiger partial charge on any atom is -0.497 e. The quantitative estimate of drug-likeness (QED) is 0.487. The lowest BCUT2D eigenvalue weighted by Gasteiger charge is -2.06. The van der Waals surface area contributed by atoms with Crippen molar-refractivity contribution in [3.63, 3.8) is 0 Å². The van der Waals surface area contributed by atoms with Crippen molar-refractivity contribution in [1.82, 2.24) is 0 Å². The summed E-state index contributed by atoms with van der Waals surface area (Å²) in [6, 6.07) is 15.3. The summed E-state index contributed by atoms with van der Waals surface area (Å²) in [6.07, 6.45) is 0. The normalized spacial score (nSPS) is 11.4. The number of ether oxygens (including phenoxy) is 1. The van der Waals surface area contributed by atoms with Crippen LogP contribution in [0.15, 0.2) is 57.7 Å². The highest BCUT2D eigenvalue weighted by Gasteiger charge is 2.10. The third kappa shape index (κ3) is 1.86. The highest BCUT2D eigenvalue weighted by atomic mass is 16.5. The van der Waals surface area contributed by atoms with E-state index in [1.165, 1.54) is 5.56 Å². The maximum Gasteiger partial charge on any atom is 0.200 e. The van der Waals surface area contributed by atoms with E-state index >= 15 is 0 Å². The molecule has 0 saturated carbocycles. The van der Waals surface area contributed by atoms with Crippen LogP contribution in [0, 0.1) is 6.92 Å². The molecule has 3 heteroatoms. The van der Waals surface area contributed by atoms with Gasteiger partial charge in [0.2, 0.25) is 5.43 Å². The SMILES string of the molecule is COc1ccc2oc3cc4cc(C)ccc4cc3c(=O)c2c1. The van der Waals surface area contributed by atoms with E-state index in [1.54, 1.807) is 25.3 Å². The summed E-state index contributed by atoms with van der Waals surface area (Å²) < 4.78 is 11.1. The Bertz CT molecular complexity index is 1090. The van der Waals surface area contributed by atoms with Gasteiger partial charge in [0, 0.05) is 0 Å². The van der Waals surface area contributed by atoms with Gasteiger partial charge in [-0.1, -0.05) is 23.8 Å². The number of rotatable bonds is 1. The number of hydrogen-bond donors (Lipinski definition) is 0. The summed E-state index contributed by atoms with van der Waals surface area (Å²) in [5, 5.41) is 3.24. The van der Waals surface area contributed by atoms with Crippen LogP contribution in [0.25, 0.3) is 32.7 Å². The van der Waals surface area contributed by atoms with Gasteiger partial charge in [0.15, 0.2) is 0 Å². The van der Waals surface area contributed by atoms with Gasteiger partial charge >= 0.3 is 0 Å². The minimum absolute atomic E-state index is 0.0300. The predicted molar refractivity (Wildman–Crippen MR) is 88.8 cm³/mol. The number of fused-ring (bicyclic) bond motifs is 3. The monoisotopic (exact) mass is 290 g/mol. The van der Waals surface area contributed by atoms with E-state index < -0.39 is 0 Å². The fourth-order valence-corrected chi connectivity index (χ4v) is 2.82. The van der Waals surface area contributed by atoms with Gasteiger partial charge in [-0.3, -0.25) is 4.79 Å². The first-order chi connectivity index (χ1) is 10.7. The average Bonchev–Trinajstić information content (AvgIpc) is 2.53. The van der Waals surface area contributed by atoms with Gasteiger partial charge in [-0.05, 0) is 48.0 Å². The Hall–Kier alpha value is -2.81. The van der Waals surface area contributed by atoms with E-state index in [4.69, 9.17) is 9.15 Å².